The first-order chi connectivity index (χ1) is 16.6. The van der Waals surface area contributed by atoms with E-state index in [2.05, 4.69) is 25.3 Å². The van der Waals surface area contributed by atoms with Gasteiger partial charge in [-0.25, -0.2) is 9.78 Å². The molecule has 0 aliphatic heterocycles. The van der Waals surface area contributed by atoms with Crippen LogP contribution in [0.25, 0.3) is 11.3 Å². The third-order valence-corrected chi connectivity index (χ3v) is 4.62. The van der Waals surface area contributed by atoms with Gasteiger partial charge in [0.2, 0.25) is 5.95 Å². The van der Waals surface area contributed by atoms with Gasteiger partial charge in [0.1, 0.15) is 22.9 Å². The Morgan fingerprint density at radius 2 is 1.89 bits per heavy atom. The first-order valence-electron chi connectivity index (χ1n) is 10.3. The molecule has 0 aliphatic rings. The SMILES string of the molecule is COC(=O)c1ccc(Nc2cc(-c3cccc(OC(F)(F)F)c3)nc(N[C@@H](C)CO)n2)cc1OC. The molecule has 0 radical (unpaired) electrons. The minimum Gasteiger partial charge on any atom is -0.496 e. The van der Waals surface area contributed by atoms with Gasteiger partial charge in [0.25, 0.3) is 0 Å². The summed E-state index contributed by atoms with van der Waals surface area (Å²) in [6.07, 6.45) is -4.84. The second-order valence-electron chi connectivity index (χ2n) is 7.30. The average molecular weight is 492 g/mol. The second kappa shape index (κ2) is 10.9. The molecule has 12 heteroatoms. The summed E-state index contributed by atoms with van der Waals surface area (Å²) in [7, 11) is 2.66. The van der Waals surface area contributed by atoms with E-state index in [1.54, 1.807) is 25.1 Å². The third-order valence-electron chi connectivity index (χ3n) is 4.62. The van der Waals surface area contributed by atoms with Crippen molar-refractivity contribution in [2.24, 2.45) is 0 Å². The lowest BCUT2D eigenvalue weighted by Crippen LogP contribution is -2.21. The van der Waals surface area contributed by atoms with Crippen molar-refractivity contribution in [1.82, 2.24) is 9.97 Å². The summed E-state index contributed by atoms with van der Waals surface area (Å²) in [5.41, 5.74) is 1.37. The first kappa shape index (κ1) is 25.6. The molecule has 0 unspecified atom stereocenters. The molecule has 0 fully saturated rings. The number of benzene rings is 2. The van der Waals surface area contributed by atoms with Crippen molar-refractivity contribution in [3.63, 3.8) is 0 Å². The Balaban J connectivity index is 1.99. The number of halogens is 3. The molecule has 3 aromatic rings. The summed E-state index contributed by atoms with van der Waals surface area (Å²) in [5.74, 6) is -0.280. The summed E-state index contributed by atoms with van der Waals surface area (Å²) in [4.78, 5) is 20.6. The van der Waals surface area contributed by atoms with E-state index in [4.69, 9.17) is 9.47 Å². The summed E-state index contributed by atoms with van der Waals surface area (Å²) in [6, 6.07) is 11.2. The molecule has 1 atom stereocenters. The zero-order valence-corrected chi connectivity index (χ0v) is 19.0. The van der Waals surface area contributed by atoms with E-state index >= 15 is 0 Å². The molecule has 0 spiro atoms. The molecular formula is C23H23F3N4O5. The first-order valence-corrected chi connectivity index (χ1v) is 10.3. The smallest absolute Gasteiger partial charge is 0.496 e. The van der Waals surface area contributed by atoms with E-state index in [1.165, 1.54) is 44.6 Å². The quantitative estimate of drug-likeness (QED) is 0.375. The number of rotatable bonds is 9. The Kier molecular flexibility index (Phi) is 7.97. The lowest BCUT2D eigenvalue weighted by molar-refractivity contribution is -0.274. The van der Waals surface area contributed by atoms with Crippen LogP contribution in [0.2, 0.25) is 0 Å². The molecule has 35 heavy (non-hydrogen) atoms. The minimum absolute atomic E-state index is 0.131. The molecule has 186 valence electrons. The van der Waals surface area contributed by atoms with Gasteiger partial charge in [0.15, 0.2) is 0 Å². The zero-order chi connectivity index (χ0) is 25.6. The van der Waals surface area contributed by atoms with Gasteiger partial charge in [-0.05, 0) is 31.2 Å². The van der Waals surface area contributed by atoms with E-state index in [-0.39, 0.29) is 29.7 Å². The van der Waals surface area contributed by atoms with Gasteiger partial charge in [-0.15, -0.1) is 13.2 Å². The molecule has 9 nitrogen and oxygen atoms in total. The fraction of sp³-hybridized carbons (Fsp3) is 0.261. The predicted molar refractivity (Wildman–Crippen MR) is 122 cm³/mol. The lowest BCUT2D eigenvalue weighted by Gasteiger charge is -2.15. The Hall–Kier alpha value is -4.06. The van der Waals surface area contributed by atoms with Gasteiger partial charge in [-0.2, -0.15) is 4.98 Å². The van der Waals surface area contributed by atoms with Crippen LogP contribution in [0, 0.1) is 0 Å². The van der Waals surface area contributed by atoms with E-state index in [1.807, 2.05) is 0 Å². The van der Waals surface area contributed by atoms with Crippen LogP contribution in [0.1, 0.15) is 17.3 Å². The number of aromatic nitrogens is 2. The maximum atomic E-state index is 12.7. The number of ether oxygens (including phenoxy) is 3. The van der Waals surface area contributed by atoms with Crippen LogP contribution in [0.5, 0.6) is 11.5 Å². The highest BCUT2D eigenvalue weighted by molar-refractivity contribution is 5.93. The van der Waals surface area contributed by atoms with E-state index in [0.29, 0.717) is 16.9 Å². The van der Waals surface area contributed by atoms with Crippen molar-refractivity contribution in [2.75, 3.05) is 31.5 Å². The number of carbonyl (C=O) groups is 1. The van der Waals surface area contributed by atoms with Crippen molar-refractivity contribution in [3.05, 3.63) is 54.1 Å². The van der Waals surface area contributed by atoms with Crippen LogP contribution >= 0.6 is 0 Å². The fourth-order valence-corrected chi connectivity index (χ4v) is 3.04. The fourth-order valence-electron chi connectivity index (χ4n) is 3.04. The van der Waals surface area contributed by atoms with E-state index < -0.39 is 24.1 Å². The van der Waals surface area contributed by atoms with Crippen LogP contribution < -0.4 is 20.1 Å². The standard InChI is InChI=1S/C23H23F3N4O5/c1-13(12-31)27-22-29-18(14-5-4-6-16(9-14)35-23(24,25)26)11-20(30-22)28-15-7-8-17(21(32)34-3)19(10-15)33-2/h4-11,13,31H,12H2,1-3H3,(H2,27,28,29,30)/t13-/m0/s1. The molecule has 1 heterocycles. The number of carbonyl (C=O) groups excluding carboxylic acids is 1. The Bertz CT molecular complexity index is 1190. The number of nitrogens with one attached hydrogen (secondary N) is 2. The van der Waals surface area contributed by atoms with E-state index in [0.717, 1.165) is 0 Å². The lowest BCUT2D eigenvalue weighted by atomic mass is 10.1. The number of alkyl halides is 3. The van der Waals surface area contributed by atoms with Crippen molar-refractivity contribution in [1.29, 1.82) is 0 Å². The van der Waals surface area contributed by atoms with Crippen molar-refractivity contribution < 1.29 is 37.3 Å². The Morgan fingerprint density at radius 3 is 2.54 bits per heavy atom. The molecule has 0 aliphatic carbocycles. The van der Waals surface area contributed by atoms with Gasteiger partial charge in [0.05, 0.1) is 26.5 Å². The van der Waals surface area contributed by atoms with Crippen LogP contribution in [-0.4, -0.2) is 54.3 Å². The second-order valence-corrected chi connectivity index (χ2v) is 7.30. The van der Waals surface area contributed by atoms with Crippen LogP contribution in [0.3, 0.4) is 0 Å². The van der Waals surface area contributed by atoms with Crippen LogP contribution in [0.15, 0.2) is 48.5 Å². The van der Waals surface area contributed by atoms with Crippen molar-refractivity contribution in [3.8, 4) is 22.8 Å². The number of esters is 1. The maximum absolute atomic E-state index is 12.7. The van der Waals surface area contributed by atoms with Crippen LogP contribution in [-0.2, 0) is 4.74 Å². The highest BCUT2D eigenvalue weighted by Gasteiger charge is 2.31. The molecular weight excluding hydrogens is 469 g/mol. The summed E-state index contributed by atoms with van der Waals surface area (Å²) >= 11 is 0. The Labute approximate surface area is 198 Å². The van der Waals surface area contributed by atoms with Crippen LogP contribution in [0.4, 0.5) is 30.6 Å². The highest BCUT2D eigenvalue weighted by Crippen LogP contribution is 2.30. The molecule has 3 N–H and O–H groups in total. The van der Waals surface area contributed by atoms with E-state index in [9.17, 15) is 23.1 Å². The van der Waals surface area contributed by atoms with Crippen molar-refractivity contribution >= 4 is 23.4 Å². The van der Waals surface area contributed by atoms with Gasteiger partial charge < -0.3 is 30.0 Å². The number of aliphatic hydroxyl groups excluding tert-OH is 1. The largest absolute Gasteiger partial charge is 0.573 e. The zero-order valence-electron chi connectivity index (χ0n) is 19.0. The maximum Gasteiger partial charge on any atom is 0.573 e. The van der Waals surface area contributed by atoms with Gasteiger partial charge in [-0.1, -0.05) is 12.1 Å². The number of hydrogen-bond acceptors (Lipinski definition) is 9. The molecule has 1 aromatic heterocycles. The molecule has 0 saturated heterocycles. The third kappa shape index (κ3) is 6.96. The van der Waals surface area contributed by atoms with Gasteiger partial charge >= 0.3 is 12.3 Å². The number of methoxy groups -OCH3 is 2. The minimum atomic E-state index is -4.84. The van der Waals surface area contributed by atoms with Crippen molar-refractivity contribution in [2.45, 2.75) is 19.3 Å². The topological polar surface area (TPSA) is 115 Å². The molecule has 0 amide bonds. The number of hydrogen-bond donors (Lipinski definition) is 3. The summed E-state index contributed by atoms with van der Waals surface area (Å²) in [6.45, 7) is 1.51. The van der Waals surface area contributed by atoms with Gasteiger partial charge in [0, 0.05) is 29.4 Å². The normalized spacial score (nSPS) is 12.0. The summed E-state index contributed by atoms with van der Waals surface area (Å²) in [5, 5.41) is 15.4. The molecule has 0 bridgehead atoms. The molecule has 0 saturated carbocycles. The number of anilines is 3. The molecule has 3 rings (SSSR count). The monoisotopic (exact) mass is 492 g/mol. The highest BCUT2D eigenvalue weighted by atomic mass is 19.4. The summed E-state index contributed by atoms with van der Waals surface area (Å²) < 4.78 is 52.0. The average Bonchev–Trinajstić information content (AvgIpc) is 2.82. The Morgan fingerprint density at radius 1 is 1.11 bits per heavy atom. The molecule has 2 aromatic carbocycles. The van der Waals surface area contributed by atoms with Gasteiger partial charge in [-0.3, -0.25) is 0 Å². The number of nitrogens with zero attached hydrogens (tertiary/aromatic N) is 2. The number of aliphatic hydroxyl groups is 1. The predicted octanol–water partition coefficient (Wildman–Crippen LogP) is 4.37.